The molecule has 1 aromatic rings. The molecule has 1 unspecified atom stereocenters. The van der Waals surface area contributed by atoms with Crippen molar-refractivity contribution in [1.82, 2.24) is 10.2 Å². The van der Waals surface area contributed by atoms with Crippen molar-refractivity contribution < 1.29 is 27.5 Å². The minimum atomic E-state index is -4.71. The molecule has 0 aliphatic carbocycles. The van der Waals surface area contributed by atoms with Gasteiger partial charge in [0, 0.05) is 34.4 Å². The maximum absolute atomic E-state index is 14.2. The second-order valence-electron chi connectivity index (χ2n) is 6.83. The van der Waals surface area contributed by atoms with Gasteiger partial charge in [0.15, 0.2) is 0 Å². The molecule has 11 heteroatoms. The number of rotatable bonds is 1. The molecule has 2 bridgehead atoms. The van der Waals surface area contributed by atoms with E-state index in [1.807, 2.05) is 0 Å². The summed E-state index contributed by atoms with van der Waals surface area (Å²) < 4.78 is 52.5. The van der Waals surface area contributed by atoms with Crippen LogP contribution in [0.5, 0.6) is 0 Å². The van der Waals surface area contributed by atoms with Crippen LogP contribution in [-0.2, 0) is 6.18 Å². The SMILES string of the molecule is O=C(Nc1cc(Br)c(C(F)(F)F)cc1F)N1[C@H]2CC[C@@H]1C1=C(C2)NC(O)N=C1. The molecule has 3 heterocycles. The van der Waals surface area contributed by atoms with Crippen molar-refractivity contribution in [2.75, 3.05) is 5.32 Å². The molecule has 2 amide bonds. The Hall–Kier alpha value is -2.14. The molecule has 6 nitrogen and oxygen atoms in total. The number of fused-ring (bicyclic) bond motifs is 3. The minimum absolute atomic E-state index is 0.157. The Labute approximate surface area is 165 Å². The van der Waals surface area contributed by atoms with E-state index in [4.69, 9.17) is 0 Å². The summed E-state index contributed by atoms with van der Waals surface area (Å²) in [5.74, 6) is -1.17. The summed E-state index contributed by atoms with van der Waals surface area (Å²) in [6.07, 6.45) is -2.32. The molecule has 0 saturated carbocycles. The quantitative estimate of drug-likeness (QED) is 0.558. The van der Waals surface area contributed by atoms with Crippen molar-refractivity contribution in [2.45, 2.75) is 43.9 Å². The van der Waals surface area contributed by atoms with Crippen molar-refractivity contribution in [3.8, 4) is 0 Å². The number of amides is 2. The molecule has 1 aromatic carbocycles. The number of alkyl halides is 3. The summed E-state index contributed by atoms with van der Waals surface area (Å²) in [6, 6.07) is 0.218. The number of carbonyl (C=O) groups is 1. The van der Waals surface area contributed by atoms with Crippen molar-refractivity contribution in [2.24, 2.45) is 4.99 Å². The molecular formula is C17H15BrF4N4O2. The van der Waals surface area contributed by atoms with E-state index in [0.717, 1.165) is 23.8 Å². The molecule has 1 saturated heterocycles. The predicted octanol–water partition coefficient (Wildman–Crippen LogP) is 3.58. The summed E-state index contributed by atoms with van der Waals surface area (Å²) in [7, 11) is 0. The van der Waals surface area contributed by atoms with Gasteiger partial charge in [-0.2, -0.15) is 13.2 Å². The number of aliphatic imine (C=N–C) groups is 1. The molecule has 3 aliphatic heterocycles. The second-order valence-corrected chi connectivity index (χ2v) is 7.68. The Morgan fingerprint density at radius 1 is 1.36 bits per heavy atom. The van der Waals surface area contributed by atoms with Crippen LogP contribution in [-0.4, -0.2) is 40.7 Å². The lowest BCUT2D eigenvalue weighted by Gasteiger charge is -2.38. The largest absolute Gasteiger partial charge is 0.417 e. The summed E-state index contributed by atoms with van der Waals surface area (Å²) >= 11 is 2.78. The zero-order chi connectivity index (χ0) is 20.2. The van der Waals surface area contributed by atoms with Gasteiger partial charge >= 0.3 is 12.2 Å². The fourth-order valence-corrected chi connectivity index (χ4v) is 4.51. The highest BCUT2D eigenvalue weighted by atomic mass is 79.9. The van der Waals surface area contributed by atoms with Crippen molar-refractivity contribution in [3.63, 3.8) is 0 Å². The third-order valence-electron chi connectivity index (χ3n) is 5.15. The number of nitrogens with one attached hydrogen (secondary N) is 2. The standard InChI is InChI=1S/C17H15BrF4N4O2/c18-10-5-13(11(19)4-9(10)17(20,21)22)25-16(28)26-7-1-2-14(26)8-6-23-15(27)24-12(8)3-7/h4-7,14-15,24,27H,1-3H2,(H,25,28)/t7-,14+,15?/m0/s1. The minimum Gasteiger partial charge on any atom is -0.355 e. The van der Waals surface area contributed by atoms with Gasteiger partial charge in [0.2, 0.25) is 6.35 Å². The first-order valence-corrected chi connectivity index (χ1v) is 9.31. The van der Waals surface area contributed by atoms with Crippen molar-refractivity contribution >= 4 is 33.9 Å². The van der Waals surface area contributed by atoms with Crippen LogP contribution in [0.4, 0.5) is 28.0 Å². The lowest BCUT2D eigenvalue weighted by molar-refractivity contribution is -0.138. The Morgan fingerprint density at radius 2 is 2.11 bits per heavy atom. The van der Waals surface area contributed by atoms with Gasteiger partial charge in [-0.05, 0) is 25.0 Å². The number of hydrogen-bond donors (Lipinski definition) is 3. The topological polar surface area (TPSA) is 77.0 Å². The van der Waals surface area contributed by atoms with Crippen molar-refractivity contribution in [1.29, 1.82) is 0 Å². The van der Waals surface area contributed by atoms with Crippen LogP contribution in [0.1, 0.15) is 24.8 Å². The van der Waals surface area contributed by atoms with E-state index in [-0.39, 0.29) is 22.2 Å². The first-order valence-electron chi connectivity index (χ1n) is 8.51. The molecular weight excluding hydrogens is 448 g/mol. The van der Waals surface area contributed by atoms with Crippen LogP contribution in [0.3, 0.4) is 0 Å². The van der Waals surface area contributed by atoms with Gasteiger partial charge in [0.05, 0.1) is 17.3 Å². The number of benzene rings is 1. The zero-order valence-electron chi connectivity index (χ0n) is 14.2. The molecule has 150 valence electrons. The molecule has 0 spiro atoms. The van der Waals surface area contributed by atoms with E-state index in [1.54, 1.807) is 4.90 Å². The molecule has 28 heavy (non-hydrogen) atoms. The first kappa shape index (κ1) is 19.2. The van der Waals surface area contributed by atoms with E-state index in [0.29, 0.717) is 18.9 Å². The van der Waals surface area contributed by atoms with E-state index >= 15 is 0 Å². The van der Waals surface area contributed by atoms with E-state index in [2.05, 4.69) is 31.6 Å². The fraction of sp³-hybridized carbons (Fsp3) is 0.412. The van der Waals surface area contributed by atoms with E-state index < -0.39 is 29.9 Å². The monoisotopic (exact) mass is 462 g/mol. The van der Waals surface area contributed by atoms with Gasteiger partial charge in [0.1, 0.15) is 5.82 Å². The van der Waals surface area contributed by atoms with E-state index in [9.17, 15) is 27.5 Å². The van der Waals surface area contributed by atoms with Gasteiger partial charge in [-0.1, -0.05) is 15.9 Å². The van der Waals surface area contributed by atoms with Gasteiger partial charge in [-0.15, -0.1) is 0 Å². The summed E-state index contributed by atoms with van der Waals surface area (Å²) in [5, 5.41) is 14.8. The molecule has 0 aromatic heterocycles. The highest BCUT2D eigenvalue weighted by Crippen LogP contribution is 2.40. The van der Waals surface area contributed by atoms with Crippen LogP contribution in [0.25, 0.3) is 0 Å². The molecule has 4 rings (SSSR count). The van der Waals surface area contributed by atoms with Crippen LogP contribution >= 0.6 is 15.9 Å². The Bertz CT molecular complexity index is 902. The van der Waals surface area contributed by atoms with Crippen LogP contribution in [0, 0.1) is 5.82 Å². The lowest BCUT2D eigenvalue weighted by atomic mass is 9.98. The van der Waals surface area contributed by atoms with Crippen LogP contribution < -0.4 is 10.6 Å². The third-order valence-corrected chi connectivity index (χ3v) is 5.80. The number of aliphatic hydroxyl groups is 1. The lowest BCUT2D eigenvalue weighted by Crippen LogP contribution is -2.50. The van der Waals surface area contributed by atoms with Gasteiger partial charge in [-0.25, -0.2) is 14.2 Å². The number of urea groups is 1. The number of hydrogen-bond acceptors (Lipinski definition) is 4. The average Bonchev–Trinajstić information content (AvgIpc) is 2.92. The predicted molar refractivity (Wildman–Crippen MR) is 96.0 cm³/mol. The van der Waals surface area contributed by atoms with Crippen LogP contribution in [0.2, 0.25) is 0 Å². The number of aliphatic hydroxyl groups excluding tert-OH is 1. The number of nitrogens with zero attached hydrogens (tertiary/aromatic N) is 2. The maximum Gasteiger partial charge on any atom is 0.417 e. The molecule has 3 N–H and O–H groups in total. The van der Waals surface area contributed by atoms with Gasteiger partial charge in [0.25, 0.3) is 0 Å². The van der Waals surface area contributed by atoms with Crippen molar-refractivity contribution in [3.05, 3.63) is 39.3 Å². The smallest absolute Gasteiger partial charge is 0.355 e. The summed E-state index contributed by atoms with van der Waals surface area (Å²) in [5.41, 5.74) is 0.111. The number of halogens is 5. The van der Waals surface area contributed by atoms with Gasteiger partial charge in [-0.3, -0.25) is 0 Å². The average molecular weight is 463 g/mol. The Morgan fingerprint density at radius 3 is 2.82 bits per heavy atom. The fourth-order valence-electron chi connectivity index (χ4n) is 3.94. The third kappa shape index (κ3) is 3.26. The summed E-state index contributed by atoms with van der Waals surface area (Å²) in [4.78, 5) is 18.2. The van der Waals surface area contributed by atoms with E-state index in [1.165, 1.54) is 6.21 Å². The Kier molecular flexibility index (Phi) is 4.61. The highest BCUT2D eigenvalue weighted by molar-refractivity contribution is 9.10. The first-order chi connectivity index (χ1) is 13.1. The number of carbonyl (C=O) groups excluding carboxylic acids is 1. The normalized spacial score (nSPS) is 26.2. The number of anilines is 1. The maximum atomic E-state index is 14.2. The molecule has 0 radical (unpaired) electrons. The molecule has 3 atom stereocenters. The molecule has 1 fully saturated rings. The summed E-state index contributed by atoms with van der Waals surface area (Å²) in [6.45, 7) is 0. The van der Waals surface area contributed by atoms with Crippen LogP contribution in [0.15, 0.2) is 32.9 Å². The Balaban J connectivity index is 1.57. The zero-order valence-corrected chi connectivity index (χ0v) is 15.8. The van der Waals surface area contributed by atoms with Gasteiger partial charge < -0.3 is 20.6 Å². The molecule has 3 aliphatic rings. The second kappa shape index (κ2) is 6.73. The highest BCUT2D eigenvalue weighted by Gasteiger charge is 2.44.